The standard InChI is InChI=1S/C11H11FN6O2S/c1-13-10(20)14-9(19)6-21-11-15-16-17-18(11)8-4-2-3-7(12)5-8/h2-5H,6H2,1H3,(H2,13,14,19,20). The largest absolute Gasteiger partial charge is 0.341 e. The zero-order valence-corrected chi connectivity index (χ0v) is 11.7. The molecule has 0 saturated heterocycles. The summed E-state index contributed by atoms with van der Waals surface area (Å²) in [5.41, 5.74) is 0.439. The molecule has 21 heavy (non-hydrogen) atoms. The van der Waals surface area contributed by atoms with E-state index in [1.807, 2.05) is 0 Å². The van der Waals surface area contributed by atoms with E-state index in [9.17, 15) is 14.0 Å². The van der Waals surface area contributed by atoms with Crippen LogP contribution in [-0.2, 0) is 4.79 Å². The number of carbonyl (C=O) groups excluding carboxylic acids is 2. The fraction of sp³-hybridized carbons (Fsp3) is 0.182. The summed E-state index contributed by atoms with van der Waals surface area (Å²) in [6.07, 6.45) is 0. The van der Waals surface area contributed by atoms with Crippen LogP contribution >= 0.6 is 11.8 Å². The van der Waals surface area contributed by atoms with Crippen LogP contribution in [0, 0.1) is 5.82 Å². The minimum Gasteiger partial charge on any atom is -0.341 e. The number of aromatic nitrogens is 4. The smallest absolute Gasteiger partial charge is 0.321 e. The van der Waals surface area contributed by atoms with E-state index >= 15 is 0 Å². The highest BCUT2D eigenvalue weighted by Crippen LogP contribution is 2.18. The molecule has 2 N–H and O–H groups in total. The summed E-state index contributed by atoms with van der Waals surface area (Å²) in [6.45, 7) is 0. The van der Waals surface area contributed by atoms with Gasteiger partial charge >= 0.3 is 6.03 Å². The molecular formula is C11H11FN6O2S. The predicted molar refractivity (Wildman–Crippen MR) is 72.4 cm³/mol. The number of rotatable bonds is 4. The summed E-state index contributed by atoms with van der Waals surface area (Å²) in [4.78, 5) is 22.4. The fourth-order valence-corrected chi connectivity index (χ4v) is 2.08. The van der Waals surface area contributed by atoms with Crippen molar-refractivity contribution in [1.82, 2.24) is 30.8 Å². The summed E-state index contributed by atoms with van der Waals surface area (Å²) >= 11 is 1.03. The van der Waals surface area contributed by atoms with E-state index in [1.165, 1.54) is 29.9 Å². The van der Waals surface area contributed by atoms with Crippen LogP contribution in [0.2, 0.25) is 0 Å². The third-order valence-electron chi connectivity index (χ3n) is 2.31. The Morgan fingerprint density at radius 2 is 2.24 bits per heavy atom. The van der Waals surface area contributed by atoms with Gasteiger partial charge in [0.05, 0.1) is 11.4 Å². The van der Waals surface area contributed by atoms with Gasteiger partial charge in [0, 0.05) is 7.05 Å². The van der Waals surface area contributed by atoms with E-state index in [0.29, 0.717) is 10.8 Å². The van der Waals surface area contributed by atoms with Gasteiger partial charge in [0.2, 0.25) is 11.1 Å². The maximum absolute atomic E-state index is 13.2. The Balaban J connectivity index is 2.04. The van der Waals surface area contributed by atoms with Crippen molar-refractivity contribution in [3.05, 3.63) is 30.1 Å². The number of hydrogen-bond acceptors (Lipinski definition) is 6. The summed E-state index contributed by atoms with van der Waals surface area (Å²) < 4.78 is 14.5. The molecular weight excluding hydrogens is 299 g/mol. The van der Waals surface area contributed by atoms with Crippen molar-refractivity contribution < 1.29 is 14.0 Å². The van der Waals surface area contributed by atoms with E-state index in [-0.39, 0.29) is 5.75 Å². The van der Waals surface area contributed by atoms with Crippen molar-refractivity contribution in [2.24, 2.45) is 0 Å². The predicted octanol–water partition coefficient (Wildman–Crippen LogP) is 0.349. The Kier molecular flexibility index (Phi) is 4.82. The molecule has 0 spiro atoms. The van der Waals surface area contributed by atoms with E-state index in [1.54, 1.807) is 6.07 Å². The molecule has 0 aliphatic heterocycles. The zero-order valence-electron chi connectivity index (χ0n) is 10.9. The van der Waals surface area contributed by atoms with Crippen LogP contribution in [0.3, 0.4) is 0 Å². The molecule has 1 aromatic heterocycles. The molecule has 0 saturated carbocycles. The van der Waals surface area contributed by atoms with E-state index in [0.717, 1.165) is 11.8 Å². The van der Waals surface area contributed by atoms with Crippen LogP contribution in [0.15, 0.2) is 29.4 Å². The number of amides is 3. The van der Waals surface area contributed by atoms with E-state index in [4.69, 9.17) is 0 Å². The Morgan fingerprint density at radius 1 is 1.43 bits per heavy atom. The number of nitrogens with one attached hydrogen (secondary N) is 2. The van der Waals surface area contributed by atoms with Crippen molar-refractivity contribution in [2.45, 2.75) is 5.16 Å². The third kappa shape index (κ3) is 3.99. The van der Waals surface area contributed by atoms with Crippen molar-refractivity contribution in [3.8, 4) is 5.69 Å². The van der Waals surface area contributed by atoms with Gasteiger partial charge in [-0.3, -0.25) is 10.1 Å². The molecule has 0 aliphatic carbocycles. The van der Waals surface area contributed by atoms with Gasteiger partial charge in [-0.05, 0) is 28.6 Å². The van der Waals surface area contributed by atoms with Gasteiger partial charge in [-0.25, -0.2) is 9.18 Å². The first-order valence-electron chi connectivity index (χ1n) is 5.79. The van der Waals surface area contributed by atoms with Crippen LogP contribution in [0.4, 0.5) is 9.18 Å². The molecule has 10 heteroatoms. The zero-order chi connectivity index (χ0) is 15.2. The molecule has 0 atom stereocenters. The number of carbonyl (C=O) groups is 2. The number of hydrogen-bond donors (Lipinski definition) is 2. The first-order chi connectivity index (χ1) is 10.1. The lowest BCUT2D eigenvalue weighted by molar-refractivity contribution is -0.117. The molecule has 1 heterocycles. The number of thioether (sulfide) groups is 1. The first-order valence-corrected chi connectivity index (χ1v) is 6.77. The lowest BCUT2D eigenvalue weighted by atomic mass is 10.3. The number of nitrogens with zero attached hydrogens (tertiary/aromatic N) is 4. The topological polar surface area (TPSA) is 102 Å². The Hall–Kier alpha value is -2.49. The number of halogens is 1. The van der Waals surface area contributed by atoms with Crippen molar-refractivity contribution >= 4 is 23.7 Å². The monoisotopic (exact) mass is 310 g/mol. The lowest BCUT2D eigenvalue weighted by Gasteiger charge is -2.04. The Labute approximate surface area is 123 Å². The highest BCUT2D eigenvalue weighted by atomic mass is 32.2. The van der Waals surface area contributed by atoms with Crippen molar-refractivity contribution in [3.63, 3.8) is 0 Å². The van der Waals surface area contributed by atoms with Gasteiger partial charge in [-0.2, -0.15) is 4.68 Å². The van der Waals surface area contributed by atoms with Crippen LogP contribution in [0.5, 0.6) is 0 Å². The third-order valence-corrected chi connectivity index (χ3v) is 3.23. The van der Waals surface area contributed by atoms with Gasteiger partial charge in [0.15, 0.2) is 0 Å². The molecule has 0 aliphatic rings. The van der Waals surface area contributed by atoms with Gasteiger partial charge in [-0.1, -0.05) is 17.8 Å². The molecule has 0 radical (unpaired) electrons. The maximum Gasteiger partial charge on any atom is 0.321 e. The second-order valence-electron chi connectivity index (χ2n) is 3.77. The minimum atomic E-state index is -0.592. The average Bonchev–Trinajstić information content (AvgIpc) is 2.93. The maximum atomic E-state index is 13.2. The fourth-order valence-electron chi connectivity index (χ4n) is 1.39. The van der Waals surface area contributed by atoms with Gasteiger partial charge in [0.1, 0.15) is 5.82 Å². The molecule has 0 unspecified atom stereocenters. The summed E-state index contributed by atoms with van der Waals surface area (Å²) in [5.74, 6) is -0.965. The SMILES string of the molecule is CNC(=O)NC(=O)CSc1nnnn1-c1cccc(F)c1. The van der Waals surface area contributed by atoms with Crippen molar-refractivity contribution in [2.75, 3.05) is 12.8 Å². The molecule has 0 bridgehead atoms. The Morgan fingerprint density at radius 3 is 2.95 bits per heavy atom. The summed E-state index contributed by atoms with van der Waals surface area (Å²) in [5, 5.41) is 15.7. The Bertz CT molecular complexity index is 662. The number of imide groups is 1. The quantitative estimate of drug-likeness (QED) is 0.790. The van der Waals surface area contributed by atoms with Crippen LogP contribution < -0.4 is 10.6 Å². The molecule has 8 nitrogen and oxygen atoms in total. The molecule has 0 fully saturated rings. The van der Waals surface area contributed by atoms with E-state index < -0.39 is 17.8 Å². The molecule has 110 valence electrons. The van der Waals surface area contributed by atoms with E-state index in [2.05, 4.69) is 26.2 Å². The first kappa shape index (κ1) is 14.9. The number of urea groups is 1. The number of benzene rings is 1. The normalized spacial score (nSPS) is 10.2. The highest BCUT2D eigenvalue weighted by Gasteiger charge is 2.13. The van der Waals surface area contributed by atoms with Crippen LogP contribution in [0.25, 0.3) is 5.69 Å². The lowest BCUT2D eigenvalue weighted by Crippen LogP contribution is -2.38. The van der Waals surface area contributed by atoms with Crippen molar-refractivity contribution in [1.29, 1.82) is 0 Å². The molecule has 2 rings (SSSR count). The van der Waals surface area contributed by atoms with Gasteiger partial charge in [0.25, 0.3) is 0 Å². The molecule has 1 aromatic carbocycles. The second kappa shape index (κ2) is 6.79. The minimum absolute atomic E-state index is 0.0525. The molecule has 2 aromatic rings. The van der Waals surface area contributed by atoms with Crippen LogP contribution in [-0.4, -0.2) is 44.9 Å². The van der Waals surface area contributed by atoms with Gasteiger partial charge in [-0.15, -0.1) is 5.10 Å². The van der Waals surface area contributed by atoms with Crippen LogP contribution in [0.1, 0.15) is 0 Å². The van der Waals surface area contributed by atoms with Gasteiger partial charge < -0.3 is 5.32 Å². The summed E-state index contributed by atoms with van der Waals surface area (Å²) in [7, 11) is 1.40. The number of tetrazole rings is 1. The second-order valence-corrected chi connectivity index (χ2v) is 4.71. The highest BCUT2D eigenvalue weighted by molar-refractivity contribution is 7.99. The molecule has 3 amide bonds. The average molecular weight is 310 g/mol. The summed E-state index contributed by atoms with van der Waals surface area (Å²) in [6, 6.07) is 5.14.